The van der Waals surface area contributed by atoms with Gasteiger partial charge in [-0.2, -0.15) is 11.8 Å². The van der Waals surface area contributed by atoms with Crippen LogP contribution in [0.5, 0.6) is 0 Å². The van der Waals surface area contributed by atoms with Gasteiger partial charge in [-0.3, -0.25) is 0 Å². The number of rotatable bonds is 7. The van der Waals surface area contributed by atoms with E-state index in [-0.39, 0.29) is 0 Å². The molecule has 2 rings (SSSR count). The van der Waals surface area contributed by atoms with Crippen molar-refractivity contribution in [2.75, 3.05) is 18.6 Å². The minimum atomic E-state index is 0.584. The molecule has 0 saturated heterocycles. The lowest BCUT2D eigenvalue weighted by molar-refractivity contribution is 0.442. The van der Waals surface area contributed by atoms with E-state index in [1.54, 1.807) is 0 Å². The Bertz CT molecular complexity index is 321. The molecule has 1 aromatic rings. The lowest BCUT2D eigenvalue weighted by atomic mass is 10.0. The van der Waals surface area contributed by atoms with Crippen molar-refractivity contribution in [2.24, 2.45) is 11.8 Å². The Morgan fingerprint density at radius 2 is 2.00 bits per heavy atom. The molecule has 0 heterocycles. The van der Waals surface area contributed by atoms with Crippen molar-refractivity contribution in [3.8, 4) is 0 Å². The Balaban J connectivity index is 1.90. The number of benzene rings is 1. The first-order valence-electron chi connectivity index (χ1n) is 6.58. The summed E-state index contributed by atoms with van der Waals surface area (Å²) in [5.74, 6) is 2.88. The molecule has 0 amide bonds. The van der Waals surface area contributed by atoms with Crippen LogP contribution in [0.4, 0.5) is 0 Å². The van der Waals surface area contributed by atoms with Gasteiger partial charge in [0.2, 0.25) is 0 Å². The van der Waals surface area contributed by atoms with E-state index in [9.17, 15) is 0 Å². The zero-order valence-corrected chi connectivity index (χ0v) is 11.7. The van der Waals surface area contributed by atoms with E-state index < -0.39 is 0 Å². The predicted molar refractivity (Wildman–Crippen MR) is 77.5 cm³/mol. The zero-order valence-electron chi connectivity index (χ0n) is 10.9. The predicted octanol–water partition coefficient (Wildman–Crippen LogP) is 3.73. The highest BCUT2D eigenvalue weighted by Gasteiger charge is 2.31. The van der Waals surface area contributed by atoms with Gasteiger partial charge >= 0.3 is 0 Å². The molecule has 2 unspecified atom stereocenters. The average molecular weight is 249 g/mol. The summed E-state index contributed by atoms with van der Waals surface area (Å²) in [6, 6.07) is 11.5. The summed E-state index contributed by atoms with van der Waals surface area (Å²) >= 11 is 1.94. The number of thioether (sulfide) groups is 1. The molecule has 1 fully saturated rings. The molecular formula is C15H23NS. The SMILES string of the molecule is CSCC(C)CNC(c1ccccc1)C1CC1. The molecule has 1 aliphatic rings. The molecule has 1 aliphatic carbocycles. The summed E-state index contributed by atoms with van der Waals surface area (Å²) < 4.78 is 0. The van der Waals surface area contributed by atoms with Crippen molar-refractivity contribution in [1.29, 1.82) is 0 Å². The highest BCUT2D eigenvalue weighted by atomic mass is 32.2. The molecular weight excluding hydrogens is 226 g/mol. The van der Waals surface area contributed by atoms with Crippen LogP contribution in [-0.4, -0.2) is 18.6 Å². The fraction of sp³-hybridized carbons (Fsp3) is 0.600. The topological polar surface area (TPSA) is 12.0 Å². The molecule has 0 aliphatic heterocycles. The highest BCUT2D eigenvalue weighted by molar-refractivity contribution is 7.98. The van der Waals surface area contributed by atoms with Crippen LogP contribution in [0.15, 0.2) is 30.3 Å². The maximum Gasteiger partial charge on any atom is 0.0348 e. The second kappa shape index (κ2) is 6.46. The Labute approximate surface area is 109 Å². The van der Waals surface area contributed by atoms with Gasteiger partial charge in [0.15, 0.2) is 0 Å². The van der Waals surface area contributed by atoms with Crippen LogP contribution in [0.2, 0.25) is 0 Å². The Hall–Kier alpha value is -0.470. The number of hydrogen-bond acceptors (Lipinski definition) is 2. The third kappa shape index (κ3) is 4.04. The molecule has 17 heavy (non-hydrogen) atoms. The average Bonchev–Trinajstić information content (AvgIpc) is 3.16. The van der Waals surface area contributed by atoms with Crippen LogP contribution in [0.3, 0.4) is 0 Å². The van der Waals surface area contributed by atoms with E-state index in [4.69, 9.17) is 0 Å². The normalized spacial score (nSPS) is 18.9. The fourth-order valence-corrected chi connectivity index (χ4v) is 3.01. The first kappa shape index (κ1) is 13.0. The van der Waals surface area contributed by atoms with E-state index in [2.05, 4.69) is 48.8 Å². The van der Waals surface area contributed by atoms with E-state index in [0.29, 0.717) is 6.04 Å². The Morgan fingerprint density at radius 1 is 1.29 bits per heavy atom. The van der Waals surface area contributed by atoms with Gasteiger partial charge < -0.3 is 5.32 Å². The third-order valence-electron chi connectivity index (χ3n) is 3.39. The van der Waals surface area contributed by atoms with Crippen LogP contribution in [0.1, 0.15) is 31.4 Å². The van der Waals surface area contributed by atoms with Crippen LogP contribution >= 0.6 is 11.8 Å². The standard InChI is InChI=1S/C15H23NS/c1-12(11-17-2)10-16-15(14-8-9-14)13-6-4-3-5-7-13/h3-7,12,14-16H,8-11H2,1-2H3. The highest BCUT2D eigenvalue weighted by Crippen LogP contribution is 2.40. The van der Waals surface area contributed by atoms with Crippen molar-refractivity contribution in [2.45, 2.75) is 25.8 Å². The zero-order chi connectivity index (χ0) is 12.1. The van der Waals surface area contributed by atoms with Crippen molar-refractivity contribution < 1.29 is 0 Å². The molecule has 0 radical (unpaired) electrons. The molecule has 1 saturated carbocycles. The fourth-order valence-electron chi connectivity index (χ4n) is 2.32. The van der Waals surface area contributed by atoms with Gasteiger partial charge in [-0.15, -0.1) is 0 Å². The molecule has 2 heteroatoms. The van der Waals surface area contributed by atoms with Gasteiger partial charge in [-0.05, 0) is 48.8 Å². The monoisotopic (exact) mass is 249 g/mol. The molecule has 2 atom stereocenters. The van der Waals surface area contributed by atoms with Gasteiger partial charge in [0.05, 0.1) is 0 Å². The molecule has 1 N–H and O–H groups in total. The third-order valence-corrected chi connectivity index (χ3v) is 4.29. The van der Waals surface area contributed by atoms with Gasteiger partial charge in [0.25, 0.3) is 0 Å². The Morgan fingerprint density at radius 3 is 2.59 bits per heavy atom. The number of nitrogens with one attached hydrogen (secondary N) is 1. The van der Waals surface area contributed by atoms with Crippen LogP contribution < -0.4 is 5.32 Å². The largest absolute Gasteiger partial charge is 0.309 e. The second-order valence-electron chi connectivity index (χ2n) is 5.19. The second-order valence-corrected chi connectivity index (χ2v) is 6.11. The maximum atomic E-state index is 3.77. The minimum absolute atomic E-state index is 0.584. The summed E-state index contributed by atoms with van der Waals surface area (Å²) in [5, 5.41) is 3.77. The lowest BCUT2D eigenvalue weighted by Gasteiger charge is -2.21. The molecule has 0 aromatic heterocycles. The van der Waals surface area contributed by atoms with Crippen LogP contribution in [-0.2, 0) is 0 Å². The van der Waals surface area contributed by atoms with E-state index >= 15 is 0 Å². The van der Waals surface area contributed by atoms with Crippen LogP contribution in [0.25, 0.3) is 0 Å². The van der Waals surface area contributed by atoms with E-state index in [1.807, 2.05) is 11.8 Å². The molecule has 1 aromatic carbocycles. The smallest absolute Gasteiger partial charge is 0.0348 e. The molecule has 0 spiro atoms. The van der Waals surface area contributed by atoms with Crippen LogP contribution in [0, 0.1) is 11.8 Å². The maximum absolute atomic E-state index is 3.77. The van der Waals surface area contributed by atoms with E-state index in [0.717, 1.165) is 18.4 Å². The Kier molecular flexibility index (Phi) is 4.93. The van der Waals surface area contributed by atoms with Gasteiger partial charge in [-0.25, -0.2) is 0 Å². The number of hydrogen-bond donors (Lipinski definition) is 1. The summed E-state index contributed by atoms with van der Waals surface area (Å²) in [5.41, 5.74) is 1.46. The van der Waals surface area contributed by atoms with Crippen molar-refractivity contribution in [1.82, 2.24) is 5.32 Å². The van der Waals surface area contributed by atoms with Crippen molar-refractivity contribution in [3.63, 3.8) is 0 Å². The first-order chi connectivity index (χ1) is 8.31. The van der Waals surface area contributed by atoms with Crippen molar-refractivity contribution in [3.05, 3.63) is 35.9 Å². The van der Waals surface area contributed by atoms with Gasteiger partial charge in [0, 0.05) is 6.04 Å². The van der Waals surface area contributed by atoms with Gasteiger partial charge in [0.1, 0.15) is 0 Å². The van der Waals surface area contributed by atoms with Gasteiger partial charge in [-0.1, -0.05) is 37.3 Å². The minimum Gasteiger partial charge on any atom is -0.309 e. The summed E-state index contributed by atoms with van der Waals surface area (Å²) in [4.78, 5) is 0. The van der Waals surface area contributed by atoms with Crippen molar-refractivity contribution >= 4 is 11.8 Å². The molecule has 0 bridgehead atoms. The molecule has 1 nitrogen and oxygen atoms in total. The lowest BCUT2D eigenvalue weighted by Crippen LogP contribution is -2.28. The quantitative estimate of drug-likeness (QED) is 0.790. The summed E-state index contributed by atoms with van der Waals surface area (Å²) in [7, 11) is 0. The van der Waals surface area contributed by atoms with E-state index in [1.165, 1.54) is 24.2 Å². The summed E-state index contributed by atoms with van der Waals surface area (Å²) in [6.07, 6.45) is 4.97. The molecule has 94 valence electrons. The first-order valence-corrected chi connectivity index (χ1v) is 7.98. The summed E-state index contributed by atoms with van der Waals surface area (Å²) in [6.45, 7) is 3.47.